The molecular formula is C25H27N3O10. The number of nitrogens with two attached hydrogens (primary N) is 2. The van der Waals surface area contributed by atoms with E-state index in [1.54, 1.807) is 0 Å². The molecule has 1 saturated heterocycles. The van der Waals surface area contributed by atoms with Gasteiger partial charge < -0.3 is 51.2 Å². The minimum atomic E-state index is -1.75. The van der Waals surface area contributed by atoms with Crippen molar-refractivity contribution in [3.05, 3.63) is 57.6 Å². The molecule has 9 N–H and O–H groups in total. The highest BCUT2D eigenvalue weighted by atomic mass is 16.7. The maximum absolute atomic E-state index is 13.5. The molecule has 0 amide bonds. The van der Waals surface area contributed by atoms with E-state index in [0.717, 1.165) is 0 Å². The largest absolute Gasteiger partial charge is 0.504 e. The number of aliphatic hydroxyl groups excluding tert-OH is 4. The van der Waals surface area contributed by atoms with Crippen molar-refractivity contribution in [2.24, 2.45) is 16.5 Å². The highest BCUT2D eigenvalue weighted by molar-refractivity contribution is 6.29. The standard InChI is InChI=1S/C25H27N3O10/c26-25(27)28-14-3-4-36-8-15-19(32)21(34)22(35)24(37-15)38-23-12(14)6-13-16(20(23)33)18(31)11-5-9(7-29)1-2-10(11)17(13)30/h1-2,5-6,14-15,19,21-22,24,29,32-35H,3-4,7-8H2,(H4,26,27,28)/t14-,15-,19-,21+,22-,24-/m0/s1. The maximum atomic E-state index is 13.5. The lowest BCUT2D eigenvalue weighted by molar-refractivity contribution is -0.279. The van der Waals surface area contributed by atoms with Gasteiger partial charge in [0.25, 0.3) is 0 Å². The first-order valence-electron chi connectivity index (χ1n) is 11.9. The number of guanidine groups is 1. The molecule has 3 aliphatic rings. The third kappa shape index (κ3) is 4.28. The first kappa shape index (κ1) is 26.0. The lowest BCUT2D eigenvalue weighted by Crippen LogP contribution is -2.60. The second-order valence-electron chi connectivity index (χ2n) is 9.33. The molecule has 6 atom stereocenters. The number of hydrogen-bond donors (Lipinski definition) is 7. The zero-order valence-corrected chi connectivity index (χ0v) is 20.0. The Hall–Kier alpha value is -3.59. The zero-order valence-electron chi connectivity index (χ0n) is 20.0. The molecular weight excluding hydrogens is 502 g/mol. The summed E-state index contributed by atoms with van der Waals surface area (Å²) in [7, 11) is 0. The van der Waals surface area contributed by atoms with Crippen LogP contribution in [0.15, 0.2) is 29.3 Å². The van der Waals surface area contributed by atoms with Crippen molar-refractivity contribution in [3.8, 4) is 11.5 Å². The Morgan fingerprint density at radius 2 is 1.76 bits per heavy atom. The minimum Gasteiger partial charge on any atom is -0.504 e. The van der Waals surface area contributed by atoms with Crippen LogP contribution in [0.2, 0.25) is 0 Å². The fraction of sp³-hybridized carbons (Fsp3) is 0.400. The summed E-state index contributed by atoms with van der Waals surface area (Å²) in [5.41, 5.74) is 11.4. The van der Waals surface area contributed by atoms with Gasteiger partial charge >= 0.3 is 0 Å². The Balaban J connectivity index is 1.71. The molecule has 1 aliphatic carbocycles. The Morgan fingerprint density at radius 3 is 2.47 bits per heavy atom. The van der Waals surface area contributed by atoms with E-state index < -0.39 is 54.1 Å². The van der Waals surface area contributed by atoms with Crippen LogP contribution in [0.3, 0.4) is 0 Å². The third-order valence-corrected chi connectivity index (χ3v) is 6.89. The van der Waals surface area contributed by atoms with E-state index in [1.807, 2.05) is 0 Å². The highest BCUT2D eigenvalue weighted by Gasteiger charge is 2.46. The van der Waals surface area contributed by atoms with Crippen molar-refractivity contribution in [3.63, 3.8) is 0 Å². The molecule has 0 aromatic heterocycles. The summed E-state index contributed by atoms with van der Waals surface area (Å²) in [5.74, 6) is -2.63. The first-order valence-corrected chi connectivity index (χ1v) is 11.9. The molecule has 5 rings (SSSR count). The number of benzene rings is 2. The number of aliphatic imine (C=N–C) groups is 1. The average Bonchev–Trinajstić information content (AvgIpc) is 2.92. The predicted molar refractivity (Wildman–Crippen MR) is 129 cm³/mol. The molecule has 2 aliphatic heterocycles. The second-order valence-corrected chi connectivity index (χ2v) is 9.33. The molecule has 13 nitrogen and oxygen atoms in total. The van der Waals surface area contributed by atoms with Crippen molar-refractivity contribution in [2.45, 2.75) is 49.8 Å². The van der Waals surface area contributed by atoms with Gasteiger partial charge in [-0.25, -0.2) is 4.99 Å². The first-order chi connectivity index (χ1) is 18.1. The van der Waals surface area contributed by atoms with Crippen LogP contribution in [-0.2, 0) is 16.1 Å². The fourth-order valence-electron chi connectivity index (χ4n) is 4.94. The smallest absolute Gasteiger partial charge is 0.229 e. The van der Waals surface area contributed by atoms with E-state index in [2.05, 4.69) is 4.99 Å². The van der Waals surface area contributed by atoms with Gasteiger partial charge in [-0.1, -0.05) is 6.07 Å². The quantitative estimate of drug-likeness (QED) is 0.150. The lowest BCUT2D eigenvalue weighted by atomic mass is 9.81. The highest BCUT2D eigenvalue weighted by Crippen LogP contribution is 2.46. The van der Waals surface area contributed by atoms with Gasteiger partial charge in [0.1, 0.15) is 24.4 Å². The van der Waals surface area contributed by atoms with Gasteiger partial charge in [0.05, 0.1) is 24.8 Å². The van der Waals surface area contributed by atoms with Gasteiger partial charge in [0, 0.05) is 28.9 Å². The number of ketones is 2. The van der Waals surface area contributed by atoms with Crippen LogP contribution < -0.4 is 16.2 Å². The fourth-order valence-corrected chi connectivity index (χ4v) is 4.94. The molecule has 2 bridgehead atoms. The number of aliphatic hydroxyl groups is 4. The summed E-state index contributed by atoms with van der Waals surface area (Å²) in [6.45, 7) is -0.499. The summed E-state index contributed by atoms with van der Waals surface area (Å²) < 4.78 is 17.1. The van der Waals surface area contributed by atoms with Crippen molar-refractivity contribution in [1.29, 1.82) is 0 Å². The summed E-state index contributed by atoms with van der Waals surface area (Å²) in [6, 6.07) is 4.72. The van der Waals surface area contributed by atoms with Gasteiger partial charge in [-0.2, -0.15) is 0 Å². The van der Waals surface area contributed by atoms with Crippen LogP contribution in [0.5, 0.6) is 11.5 Å². The molecule has 2 aromatic carbocycles. The molecule has 0 unspecified atom stereocenters. The van der Waals surface area contributed by atoms with Crippen LogP contribution in [0.1, 0.15) is 55.4 Å². The number of fused-ring (bicyclic) bond motifs is 5. The van der Waals surface area contributed by atoms with Gasteiger partial charge in [-0.15, -0.1) is 0 Å². The van der Waals surface area contributed by atoms with Gasteiger partial charge in [0.15, 0.2) is 29.0 Å². The minimum absolute atomic E-state index is 0.0114. The van der Waals surface area contributed by atoms with E-state index in [-0.39, 0.29) is 65.8 Å². The number of hydrogen-bond acceptors (Lipinski definition) is 11. The van der Waals surface area contributed by atoms with Crippen LogP contribution in [0, 0.1) is 0 Å². The van der Waals surface area contributed by atoms with Crippen molar-refractivity contribution < 1.29 is 49.3 Å². The molecule has 2 aromatic rings. The molecule has 2 heterocycles. The number of ether oxygens (including phenoxy) is 3. The number of carbonyl (C=O) groups is 2. The number of nitrogens with zero attached hydrogens (tertiary/aromatic N) is 1. The molecule has 1 fully saturated rings. The summed E-state index contributed by atoms with van der Waals surface area (Å²) in [5, 5.41) is 52.1. The van der Waals surface area contributed by atoms with E-state index in [0.29, 0.717) is 5.56 Å². The number of phenols is 1. The Bertz CT molecular complexity index is 1320. The zero-order chi connectivity index (χ0) is 27.3. The Labute approximate surface area is 215 Å². The number of rotatable bonds is 2. The molecule has 0 radical (unpaired) electrons. The molecule has 13 heteroatoms. The van der Waals surface area contributed by atoms with Crippen LogP contribution in [-0.4, -0.2) is 87.0 Å². The SMILES string of the molecule is NC(N)=N[C@H]1CCOC[C@@H]2O[C@@H](Oc3c1cc1c(c3O)C(=O)c3cc(CO)ccc3C1=O)[C@@H](O)[C@H](O)[C@H]2O. The maximum Gasteiger partial charge on any atom is 0.229 e. The summed E-state index contributed by atoms with van der Waals surface area (Å²) in [6.07, 6.45) is -7.49. The van der Waals surface area contributed by atoms with Crippen molar-refractivity contribution in [1.82, 2.24) is 0 Å². The van der Waals surface area contributed by atoms with Crippen LogP contribution >= 0.6 is 0 Å². The number of phenolic OH excluding ortho intramolecular Hbond substituents is 1. The molecule has 202 valence electrons. The lowest BCUT2D eigenvalue weighted by Gasteiger charge is -2.40. The third-order valence-electron chi connectivity index (χ3n) is 6.89. The monoisotopic (exact) mass is 529 g/mol. The van der Waals surface area contributed by atoms with E-state index in [1.165, 1.54) is 24.3 Å². The Morgan fingerprint density at radius 1 is 1.00 bits per heavy atom. The van der Waals surface area contributed by atoms with E-state index >= 15 is 0 Å². The predicted octanol–water partition coefficient (Wildman–Crippen LogP) is -1.42. The summed E-state index contributed by atoms with van der Waals surface area (Å²) in [4.78, 5) is 31.1. The summed E-state index contributed by atoms with van der Waals surface area (Å²) >= 11 is 0. The second kappa shape index (κ2) is 9.94. The van der Waals surface area contributed by atoms with Gasteiger partial charge in [-0.3, -0.25) is 9.59 Å². The number of carbonyl (C=O) groups excluding carboxylic acids is 2. The van der Waals surface area contributed by atoms with Crippen molar-refractivity contribution >= 4 is 17.5 Å². The van der Waals surface area contributed by atoms with E-state index in [4.69, 9.17) is 25.7 Å². The topological polar surface area (TPSA) is 227 Å². The Kier molecular flexibility index (Phi) is 6.81. The normalized spacial score (nSPS) is 28.7. The van der Waals surface area contributed by atoms with Crippen LogP contribution in [0.25, 0.3) is 0 Å². The molecule has 0 spiro atoms. The number of aromatic hydroxyl groups is 1. The van der Waals surface area contributed by atoms with Gasteiger partial charge in [0.2, 0.25) is 6.29 Å². The van der Waals surface area contributed by atoms with Gasteiger partial charge in [-0.05, 0) is 30.2 Å². The van der Waals surface area contributed by atoms with E-state index in [9.17, 15) is 35.1 Å². The molecule has 38 heavy (non-hydrogen) atoms. The van der Waals surface area contributed by atoms with Crippen molar-refractivity contribution in [2.75, 3.05) is 13.2 Å². The van der Waals surface area contributed by atoms with Crippen LogP contribution in [0.4, 0.5) is 0 Å². The average molecular weight is 530 g/mol. The molecule has 0 saturated carbocycles.